The summed E-state index contributed by atoms with van der Waals surface area (Å²) in [7, 11) is 0. The van der Waals surface area contributed by atoms with E-state index in [-0.39, 0.29) is 18.2 Å². The Labute approximate surface area is 102 Å². The van der Waals surface area contributed by atoms with E-state index in [2.05, 4.69) is 20.9 Å². The van der Waals surface area contributed by atoms with Gasteiger partial charge in [0.1, 0.15) is 5.71 Å². The van der Waals surface area contributed by atoms with E-state index in [1.54, 1.807) is 12.1 Å². The van der Waals surface area contributed by atoms with Crippen molar-refractivity contribution in [1.29, 1.82) is 0 Å². The lowest BCUT2D eigenvalue weighted by Crippen LogP contribution is -2.26. The van der Waals surface area contributed by atoms with Crippen LogP contribution in [0.3, 0.4) is 0 Å². The Hall–Kier alpha value is -0.770. The second-order valence-electron chi connectivity index (χ2n) is 4.06. The Morgan fingerprint density at radius 1 is 1.38 bits per heavy atom. The fourth-order valence-corrected chi connectivity index (χ4v) is 2.18. The first kappa shape index (κ1) is 11.7. The molecule has 0 aromatic heterocycles. The highest BCUT2D eigenvalue weighted by Gasteiger charge is 2.44. The number of halogens is 3. The van der Waals surface area contributed by atoms with Crippen LogP contribution in [0, 0.1) is 6.92 Å². The van der Waals surface area contributed by atoms with Crippen molar-refractivity contribution in [3.05, 3.63) is 35.4 Å². The molecule has 1 aromatic carbocycles. The van der Waals surface area contributed by atoms with Gasteiger partial charge in [0.05, 0.1) is 6.04 Å². The summed E-state index contributed by atoms with van der Waals surface area (Å²) in [5.74, 6) is -2.80. The number of aliphatic imine (C=N–C) groups is 1. The van der Waals surface area contributed by atoms with Gasteiger partial charge in [-0.15, -0.1) is 0 Å². The Bertz CT molecular complexity index is 412. The molecule has 1 aliphatic heterocycles. The quantitative estimate of drug-likeness (QED) is 0.737. The van der Waals surface area contributed by atoms with Crippen molar-refractivity contribution >= 4 is 21.6 Å². The molecule has 4 heteroatoms. The normalized spacial score (nSPS) is 23.2. The van der Waals surface area contributed by atoms with Gasteiger partial charge in [0.15, 0.2) is 0 Å². The molecule has 1 heterocycles. The number of hydrogen-bond acceptors (Lipinski definition) is 1. The number of hydrogen-bond donors (Lipinski definition) is 0. The third kappa shape index (κ3) is 2.17. The van der Waals surface area contributed by atoms with Crippen molar-refractivity contribution in [1.82, 2.24) is 0 Å². The maximum absolute atomic E-state index is 13.7. The first-order valence-electron chi connectivity index (χ1n) is 5.12. The SMILES string of the molecule is Cc1ccc(C2=NC(CBr)CC2(F)F)cc1. The van der Waals surface area contributed by atoms with Gasteiger partial charge in [-0.2, -0.15) is 8.78 Å². The minimum Gasteiger partial charge on any atom is -0.278 e. The lowest BCUT2D eigenvalue weighted by atomic mass is 10.0. The summed E-state index contributed by atoms with van der Waals surface area (Å²) in [6.07, 6.45) is -0.193. The summed E-state index contributed by atoms with van der Waals surface area (Å²) < 4.78 is 27.4. The second-order valence-corrected chi connectivity index (χ2v) is 4.71. The molecule has 0 saturated heterocycles. The molecule has 0 saturated carbocycles. The molecule has 1 unspecified atom stereocenters. The van der Waals surface area contributed by atoms with Crippen molar-refractivity contribution in [2.45, 2.75) is 25.3 Å². The van der Waals surface area contributed by atoms with Gasteiger partial charge in [-0.05, 0) is 6.92 Å². The number of aryl methyl sites for hydroxylation is 1. The highest BCUT2D eigenvalue weighted by molar-refractivity contribution is 9.09. The number of benzene rings is 1. The van der Waals surface area contributed by atoms with E-state index in [0.717, 1.165) is 5.56 Å². The van der Waals surface area contributed by atoms with Crippen LogP contribution in [0.25, 0.3) is 0 Å². The maximum atomic E-state index is 13.7. The van der Waals surface area contributed by atoms with Gasteiger partial charge in [-0.3, -0.25) is 4.99 Å². The van der Waals surface area contributed by atoms with Crippen molar-refractivity contribution in [3.8, 4) is 0 Å². The Kier molecular flexibility index (Phi) is 3.10. The summed E-state index contributed by atoms with van der Waals surface area (Å²) in [6, 6.07) is 6.76. The molecule has 1 atom stereocenters. The maximum Gasteiger partial charge on any atom is 0.291 e. The van der Waals surface area contributed by atoms with Gasteiger partial charge in [-0.1, -0.05) is 45.8 Å². The molecule has 16 heavy (non-hydrogen) atoms. The van der Waals surface area contributed by atoms with Crippen LogP contribution < -0.4 is 0 Å². The molecule has 0 fully saturated rings. The Balaban J connectivity index is 2.35. The fourth-order valence-electron chi connectivity index (χ4n) is 1.80. The van der Waals surface area contributed by atoms with E-state index in [1.807, 2.05) is 19.1 Å². The van der Waals surface area contributed by atoms with Gasteiger partial charge in [-0.25, -0.2) is 0 Å². The van der Waals surface area contributed by atoms with Crippen LogP contribution in [0.4, 0.5) is 8.78 Å². The molecule has 1 aliphatic rings. The van der Waals surface area contributed by atoms with Gasteiger partial charge >= 0.3 is 0 Å². The van der Waals surface area contributed by atoms with E-state index in [4.69, 9.17) is 0 Å². The third-order valence-corrected chi connectivity index (χ3v) is 3.40. The lowest BCUT2D eigenvalue weighted by molar-refractivity contribution is 0.0753. The molecule has 0 radical (unpaired) electrons. The number of nitrogens with zero attached hydrogens (tertiary/aromatic N) is 1. The molecule has 1 aromatic rings. The summed E-state index contributed by atoms with van der Waals surface area (Å²) in [6.45, 7) is 1.93. The summed E-state index contributed by atoms with van der Waals surface area (Å²) >= 11 is 3.20. The lowest BCUT2D eigenvalue weighted by Gasteiger charge is -2.12. The smallest absolute Gasteiger partial charge is 0.278 e. The van der Waals surface area contributed by atoms with Crippen molar-refractivity contribution in [2.75, 3.05) is 5.33 Å². The van der Waals surface area contributed by atoms with Crippen LogP contribution in [-0.2, 0) is 0 Å². The Morgan fingerprint density at radius 2 is 2.00 bits per heavy atom. The summed E-state index contributed by atoms with van der Waals surface area (Å²) in [4.78, 5) is 4.08. The highest BCUT2D eigenvalue weighted by atomic mass is 79.9. The van der Waals surface area contributed by atoms with Crippen molar-refractivity contribution < 1.29 is 8.78 Å². The average Bonchev–Trinajstić information content (AvgIpc) is 2.55. The van der Waals surface area contributed by atoms with Crippen LogP contribution in [-0.4, -0.2) is 23.0 Å². The van der Waals surface area contributed by atoms with Crippen LogP contribution in [0.15, 0.2) is 29.3 Å². The molecular formula is C12H12BrF2N. The summed E-state index contributed by atoms with van der Waals surface area (Å²) in [5, 5.41) is 0.484. The molecule has 0 spiro atoms. The fraction of sp³-hybridized carbons (Fsp3) is 0.417. The van der Waals surface area contributed by atoms with Crippen LogP contribution in [0.5, 0.6) is 0 Å². The van der Waals surface area contributed by atoms with Gasteiger partial charge < -0.3 is 0 Å². The minimum absolute atomic E-state index is 0.0723. The minimum atomic E-state index is -2.80. The predicted molar refractivity (Wildman–Crippen MR) is 64.9 cm³/mol. The van der Waals surface area contributed by atoms with Crippen molar-refractivity contribution in [2.24, 2.45) is 4.99 Å². The van der Waals surface area contributed by atoms with Crippen LogP contribution in [0.1, 0.15) is 17.5 Å². The standard InChI is InChI=1S/C12H12BrF2N/c1-8-2-4-9(5-3-8)11-12(14,15)6-10(7-13)16-11/h2-5,10H,6-7H2,1H3. The second kappa shape index (κ2) is 4.24. The first-order chi connectivity index (χ1) is 7.53. The number of rotatable bonds is 2. The third-order valence-electron chi connectivity index (χ3n) is 2.65. The van der Waals surface area contributed by atoms with E-state index in [9.17, 15) is 8.78 Å². The summed E-state index contributed by atoms with van der Waals surface area (Å²) in [5.41, 5.74) is 1.51. The first-order valence-corrected chi connectivity index (χ1v) is 6.24. The monoisotopic (exact) mass is 287 g/mol. The zero-order chi connectivity index (χ0) is 11.8. The number of alkyl halides is 3. The molecule has 0 N–H and O–H groups in total. The van der Waals surface area contributed by atoms with Crippen LogP contribution >= 0.6 is 15.9 Å². The molecule has 0 aliphatic carbocycles. The molecular weight excluding hydrogens is 276 g/mol. The average molecular weight is 288 g/mol. The molecule has 2 rings (SSSR count). The van der Waals surface area contributed by atoms with Gasteiger partial charge in [0.2, 0.25) is 0 Å². The molecule has 0 amide bonds. The largest absolute Gasteiger partial charge is 0.291 e. The topological polar surface area (TPSA) is 12.4 Å². The van der Waals surface area contributed by atoms with E-state index < -0.39 is 5.92 Å². The molecule has 1 nitrogen and oxygen atoms in total. The van der Waals surface area contributed by atoms with Gasteiger partial charge in [0, 0.05) is 17.3 Å². The zero-order valence-electron chi connectivity index (χ0n) is 8.88. The highest BCUT2D eigenvalue weighted by Crippen LogP contribution is 2.34. The molecule has 0 bridgehead atoms. The predicted octanol–water partition coefficient (Wildman–Crippen LogP) is 3.59. The van der Waals surface area contributed by atoms with E-state index >= 15 is 0 Å². The zero-order valence-corrected chi connectivity index (χ0v) is 10.5. The van der Waals surface area contributed by atoms with E-state index in [0.29, 0.717) is 10.9 Å². The Morgan fingerprint density at radius 3 is 2.50 bits per heavy atom. The van der Waals surface area contributed by atoms with Crippen LogP contribution in [0.2, 0.25) is 0 Å². The van der Waals surface area contributed by atoms with Gasteiger partial charge in [0.25, 0.3) is 5.92 Å². The van der Waals surface area contributed by atoms with Crippen molar-refractivity contribution in [3.63, 3.8) is 0 Å². The molecule has 86 valence electrons. The van der Waals surface area contributed by atoms with E-state index in [1.165, 1.54) is 0 Å².